The first kappa shape index (κ1) is 17.0. The van der Waals surface area contributed by atoms with Crippen LogP contribution in [0.4, 0.5) is 5.69 Å². The van der Waals surface area contributed by atoms with Crippen LogP contribution in [0, 0.1) is 5.92 Å². The van der Waals surface area contributed by atoms with E-state index in [4.69, 9.17) is 5.73 Å². The molecule has 24 heavy (non-hydrogen) atoms. The zero-order chi connectivity index (χ0) is 16.9. The molecule has 2 fully saturated rings. The minimum atomic E-state index is 0.0311. The summed E-state index contributed by atoms with van der Waals surface area (Å²) >= 11 is 0. The molecule has 1 heterocycles. The van der Waals surface area contributed by atoms with Crippen molar-refractivity contribution in [2.45, 2.75) is 57.5 Å². The molecule has 2 atom stereocenters. The third-order valence-electron chi connectivity index (χ3n) is 5.17. The number of rotatable bonds is 5. The van der Waals surface area contributed by atoms with Gasteiger partial charge in [-0.3, -0.25) is 9.59 Å². The van der Waals surface area contributed by atoms with Gasteiger partial charge < -0.3 is 16.0 Å². The number of anilines is 1. The molecule has 0 radical (unpaired) electrons. The number of likely N-dealkylation sites (tertiary alicyclic amines) is 1. The predicted octanol–water partition coefficient (Wildman–Crippen LogP) is 2.66. The van der Waals surface area contributed by atoms with Gasteiger partial charge >= 0.3 is 0 Å². The number of carbonyl (C=O) groups excluding carboxylic acids is 2. The normalized spacial score (nSPS) is 24.2. The van der Waals surface area contributed by atoms with Crippen molar-refractivity contribution in [1.82, 2.24) is 4.90 Å². The minimum absolute atomic E-state index is 0.0311. The van der Waals surface area contributed by atoms with Crippen molar-refractivity contribution >= 4 is 17.5 Å². The quantitative estimate of drug-likeness (QED) is 0.872. The molecule has 1 aromatic rings. The molecule has 0 aromatic heterocycles. The Morgan fingerprint density at radius 3 is 2.88 bits per heavy atom. The first-order valence-corrected chi connectivity index (χ1v) is 9.04. The van der Waals surface area contributed by atoms with Crippen molar-refractivity contribution in [2.24, 2.45) is 11.7 Å². The minimum Gasteiger partial charge on any atom is -0.338 e. The van der Waals surface area contributed by atoms with Crippen LogP contribution in [0.5, 0.6) is 0 Å². The summed E-state index contributed by atoms with van der Waals surface area (Å²) in [5.74, 6) is 0.564. The van der Waals surface area contributed by atoms with Crippen LogP contribution in [0.1, 0.15) is 50.5 Å². The summed E-state index contributed by atoms with van der Waals surface area (Å²) in [5, 5.41) is 2.98. The fourth-order valence-corrected chi connectivity index (χ4v) is 3.77. The fourth-order valence-electron chi connectivity index (χ4n) is 3.77. The number of nitrogens with two attached hydrogens (primary N) is 1. The van der Waals surface area contributed by atoms with Gasteiger partial charge in [-0.2, -0.15) is 0 Å². The topological polar surface area (TPSA) is 75.4 Å². The van der Waals surface area contributed by atoms with E-state index < -0.39 is 0 Å². The predicted molar refractivity (Wildman–Crippen MR) is 94.3 cm³/mol. The number of hydrogen-bond donors (Lipinski definition) is 2. The molecule has 2 aliphatic rings. The maximum atomic E-state index is 12.2. The maximum absolute atomic E-state index is 12.2. The maximum Gasteiger partial charge on any atom is 0.224 e. The summed E-state index contributed by atoms with van der Waals surface area (Å²) in [4.78, 5) is 26.1. The average molecular weight is 329 g/mol. The van der Waals surface area contributed by atoms with E-state index in [2.05, 4.69) is 5.32 Å². The smallest absolute Gasteiger partial charge is 0.224 e. The second-order valence-electron chi connectivity index (χ2n) is 7.08. The fraction of sp³-hybridized carbons (Fsp3) is 0.579. The Morgan fingerprint density at radius 2 is 2.12 bits per heavy atom. The summed E-state index contributed by atoms with van der Waals surface area (Å²) in [6, 6.07) is 7.96. The summed E-state index contributed by atoms with van der Waals surface area (Å²) in [6.45, 7) is 1.45. The van der Waals surface area contributed by atoms with Gasteiger partial charge in [-0.15, -0.1) is 0 Å². The SMILES string of the molecule is N[C@@H]1CCC[C@H]1CC(=O)Nc1cccc(CN2CCCCC2=O)c1. The second-order valence-corrected chi connectivity index (χ2v) is 7.08. The van der Waals surface area contributed by atoms with Crippen LogP contribution in [-0.2, 0) is 16.1 Å². The second kappa shape index (κ2) is 7.79. The highest BCUT2D eigenvalue weighted by atomic mass is 16.2. The van der Waals surface area contributed by atoms with E-state index in [1.165, 1.54) is 0 Å². The molecular formula is C19H27N3O2. The lowest BCUT2D eigenvalue weighted by molar-refractivity contribution is -0.133. The van der Waals surface area contributed by atoms with Gasteiger partial charge in [-0.25, -0.2) is 0 Å². The van der Waals surface area contributed by atoms with E-state index >= 15 is 0 Å². The van der Waals surface area contributed by atoms with Crippen LogP contribution in [-0.4, -0.2) is 29.3 Å². The first-order valence-electron chi connectivity index (χ1n) is 9.04. The highest BCUT2D eigenvalue weighted by Crippen LogP contribution is 2.27. The van der Waals surface area contributed by atoms with Gasteiger partial charge in [0.2, 0.25) is 11.8 Å². The van der Waals surface area contributed by atoms with E-state index in [9.17, 15) is 9.59 Å². The Balaban J connectivity index is 1.56. The van der Waals surface area contributed by atoms with Crippen LogP contribution < -0.4 is 11.1 Å². The summed E-state index contributed by atoms with van der Waals surface area (Å²) < 4.78 is 0. The largest absolute Gasteiger partial charge is 0.338 e. The van der Waals surface area contributed by atoms with Gasteiger partial charge in [0.1, 0.15) is 0 Å². The lowest BCUT2D eigenvalue weighted by Gasteiger charge is -2.26. The third-order valence-corrected chi connectivity index (χ3v) is 5.17. The molecule has 5 nitrogen and oxygen atoms in total. The number of carbonyl (C=O) groups is 2. The van der Waals surface area contributed by atoms with Crippen LogP contribution in [0.15, 0.2) is 24.3 Å². The van der Waals surface area contributed by atoms with Crippen molar-refractivity contribution in [3.63, 3.8) is 0 Å². The van der Waals surface area contributed by atoms with Crippen molar-refractivity contribution in [3.8, 4) is 0 Å². The molecule has 1 aromatic carbocycles. The summed E-state index contributed by atoms with van der Waals surface area (Å²) in [5.41, 5.74) is 7.90. The van der Waals surface area contributed by atoms with Crippen molar-refractivity contribution in [1.29, 1.82) is 0 Å². The molecule has 0 bridgehead atoms. The van der Waals surface area contributed by atoms with Crippen molar-refractivity contribution in [2.75, 3.05) is 11.9 Å². The van der Waals surface area contributed by atoms with E-state index in [1.807, 2.05) is 29.2 Å². The highest BCUT2D eigenvalue weighted by Gasteiger charge is 2.26. The molecule has 0 spiro atoms. The van der Waals surface area contributed by atoms with E-state index in [1.54, 1.807) is 0 Å². The third kappa shape index (κ3) is 4.35. The molecule has 130 valence electrons. The lowest BCUT2D eigenvalue weighted by Crippen LogP contribution is -2.34. The van der Waals surface area contributed by atoms with Gasteiger partial charge in [-0.1, -0.05) is 18.6 Å². The molecule has 1 aliphatic carbocycles. The zero-order valence-electron chi connectivity index (χ0n) is 14.2. The standard InChI is InChI=1S/C19H27N3O2/c20-17-8-4-6-15(17)12-18(23)21-16-7-3-5-14(11-16)13-22-10-2-1-9-19(22)24/h3,5,7,11,15,17H,1-2,4,6,8-10,12-13,20H2,(H,21,23)/t15-,17+/m0/s1. The lowest BCUT2D eigenvalue weighted by atomic mass is 10.00. The Hall–Kier alpha value is -1.88. The van der Waals surface area contributed by atoms with Gasteiger partial charge in [0.25, 0.3) is 0 Å². The number of hydrogen-bond acceptors (Lipinski definition) is 3. The van der Waals surface area contributed by atoms with Crippen LogP contribution >= 0.6 is 0 Å². The Labute approximate surface area is 143 Å². The Kier molecular flexibility index (Phi) is 5.51. The number of nitrogens with one attached hydrogen (secondary N) is 1. The van der Waals surface area contributed by atoms with Gasteiger partial charge in [0.05, 0.1) is 0 Å². The molecule has 2 amide bonds. The van der Waals surface area contributed by atoms with E-state index in [0.29, 0.717) is 25.3 Å². The summed E-state index contributed by atoms with van der Waals surface area (Å²) in [7, 11) is 0. The van der Waals surface area contributed by atoms with Crippen LogP contribution in [0.2, 0.25) is 0 Å². The molecule has 1 saturated carbocycles. The molecular weight excluding hydrogens is 302 g/mol. The molecule has 3 rings (SSSR count). The summed E-state index contributed by atoms with van der Waals surface area (Å²) in [6.07, 6.45) is 6.41. The molecule has 1 aliphatic heterocycles. The van der Waals surface area contributed by atoms with E-state index in [0.717, 1.165) is 49.9 Å². The van der Waals surface area contributed by atoms with Crippen LogP contribution in [0.3, 0.4) is 0 Å². The monoisotopic (exact) mass is 329 g/mol. The molecule has 5 heteroatoms. The van der Waals surface area contributed by atoms with Crippen molar-refractivity contribution in [3.05, 3.63) is 29.8 Å². The first-order chi connectivity index (χ1) is 11.6. The van der Waals surface area contributed by atoms with E-state index in [-0.39, 0.29) is 17.9 Å². The van der Waals surface area contributed by atoms with Gasteiger partial charge in [0.15, 0.2) is 0 Å². The number of benzene rings is 1. The van der Waals surface area contributed by atoms with Crippen LogP contribution in [0.25, 0.3) is 0 Å². The molecule has 0 unspecified atom stereocenters. The average Bonchev–Trinajstić information content (AvgIpc) is 2.95. The highest BCUT2D eigenvalue weighted by molar-refractivity contribution is 5.91. The zero-order valence-corrected chi connectivity index (χ0v) is 14.2. The molecule has 3 N–H and O–H groups in total. The van der Waals surface area contributed by atoms with Gasteiger partial charge in [0, 0.05) is 37.7 Å². The number of nitrogens with zero attached hydrogens (tertiary/aromatic N) is 1. The molecule has 1 saturated heterocycles. The van der Waals surface area contributed by atoms with Gasteiger partial charge in [-0.05, 0) is 49.3 Å². The Bertz CT molecular complexity index is 602. The number of piperidine rings is 1. The number of amides is 2. The van der Waals surface area contributed by atoms with Crippen molar-refractivity contribution < 1.29 is 9.59 Å². The Morgan fingerprint density at radius 1 is 1.25 bits per heavy atom.